The summed E-state index contributed by atoms with van der Waals surface area (Å²) in [5, 5.41) is 0. The van der Waals surface area contributed by atoms with Crippen molar-refractivity contribution >= 4 is 0 Å². The van der Waals surface area contributed by atoms with Crippen molar-refractivity contribution in [3.8, 4) is 0 Å². The van der Waals surface area contributed by atoms with E-state index in [9.17, 15) is 0 Å². The van der Waals surface area contributed by atoms with Crippen LogP contribution in [0.5, 0.6) is 0 Å². The highest BCUT2D eigenvalue weighted by atomic mass is 16.5. The van der Waals surface area contributed by atoms with Crippen LogP contribution < -0.4 is 0 Å². The third-order valence-electron chi connectivity index (χ3n) is 2.51. The number of rotatable bonds is 2. The molecule has 0 saturated heterocycles. The largest absolute Gasteiger partial charge is 0.498 e. The number of ether oxygens (including phenoxy) is 1. The quantitative estimate of drug-likeness (QED) is 0.604. The van der Waals surface area contributed by atoms with Crippen molar-refractivity contribution in [2.45, 2.75) is 34.1 Å². The van der Waals surface area contributed by atoms with Crippen molar-refractivity contribution in [1.29, 1.82) is 0 Å². The molecule has 0 aromatic heterocycles. The molecule has 1 aliphatic rings. The van der Waals surface area contributed by atoms with Gasteiger partial charge in [0.05, 0.1) is 12.4 Å². The Morgan fingerprint density at radius 1 is 1.43 bits per heavy atom. The van der Waals surface area contributed by atoms with Gasteiger partial charge in [0.15, 0.2) is 0 Å². The van der Waals surface area contributed by atoms with Gasteiger partial charge in [-0.25, -0.2) is 0 Å². The second-order valence-corrected chi connectivity index (χ2v) is 4.70. The zero-order chi connectivity index (χ0) is 10.8. The Balaban J connectivity index is 3.07. The molecule has 1 heteroatoms. The van der Waals surface area contributed by atoms with Gasteiger partial charge in [0.25, 0.3) is 0 Å². The van der Waals surface area contributed by atoms with Crippen molar-refractivity contribution in [3.63, 3.8) is 0 Å². The van der Waals surface area contributed by atoms with Gasteiger partial charge in [-0.2, -0.15) is 0 Å². The van der Waals surface area contributed by atoms with Crippen LogP contribution in [0.3, 0.4) is 0 Å². The molecule has 0 saturated carbocycles. The summed E-state index contributed by atoms with van der Waals surface area (Å²) in [6.45, 7) is 13.3. The van der Waals surface area contributed by atoms with Crippen LogP contribution in [0.1, 0.15) is 34.1 Å². The van der Waals surface area contributed by atoms with E-state index in [1.807, 2.05) is 13.0 Å². The zero-order valence-electron chi connectivity index (χ0n) is 9.68. The molecule has 0 unspecified atom stereocenters. The zero-order valence-corrected chi connectivity index (χ0v) is 9.68. The van der Waals surface area contributed by atoms with Crippen LogP contribution in [0.25, 0.3) is 0 Å². The SMILES string of the molecule is C=C/C=C(\C1=C(C)OCC1)C(C)(C)C. The molecular weight excluding hydrogens is 172 g/mol. The summed E-state index contributed by atoms with van der Waals surface area (Å²) in [5.74, 6) is 1.08. The lowest BCUT2D eigenvalue weighted by atomic mass is 9.80. The van der Waals surface area contributed by atoms with Crippen LogP contribution in [-0.2, 0) is 4.74 Å². The summed E-state index contributed by atoms with van der Waals surface area (Å²) in [5.41, 5.74) is 2.87. The third kappa shape index (κ3) is 2.28. The highest BCUT2D eigenvalue weighted by Crippen LogP contribution is 2.37. The van der Waals surface area contributed by atoms with Crippen LogP contribution in [0, 0.1) is 5.41 Å². The maximum Gasteiger partial charge on any atom is 0.0965 e. The van der Waals surface area contributed by atoms with Crippen LogP contribution >= 0.6 is 0 Å². The van der Waals surface area contributed by atoms with E-state index in [-0.39, 0.29) is 5.41 Å². The Hall–Kier alpha value is -0.980. The van der Waals surface area contributed by atoms with Crippen LogP contribution in [0.15, 0.2) is 35.6 Å². The minimum absolute atomic E-state index is 0.165. The Bertz CT molecular complexity index is 287. The van der Waals surface area contributed by atoms with Gasteiger partial charge in [0, 0.05) is 6.42 Å². The second-order valence-electron chi connectivity index (χ2n) is 4.70. The summed E-state index contributed by atoms with van der Waals surface area (Å²) < 4.78 is 5.49. The molecule has 1 heterocycles. The Morgan fingerprint density at radius 2 is 2.07 bits per heavy atom. The fourth-order valence-corrected chi connectivity index (χ4v) is 1.81. The molecule has 0 atom stereocenters. The fraction of sp³-hybridized carbons (Fsp3) is 0.538. The second kappa shape index (κ2) is 4.04. The monoisotopic (exact) mass is 192 g/mol. The summed E-state index contributed by atoms with van der Waals surface area (Å²) in [6.07, 6.45) is 5.00. The van der Waals surface area contributed by atoms with E-state index in [0.717, 1.165) is 18.8 Å². The Kier molecular flexibility index (Phi) is 3.20. The van der Waals surface area contributed by atoms with Crippen molar-refractivity contribution in [2.75, 3.05) is 6.61 Å². The molecule has 0 spiro atoms. The third-order valence-corrected chi connectivity index (χ3v) is 2.51. The van der Waals surface area contributed by atoms with Crippen molar-refractivity contribution in [2.24, 2.45) is 5.41 Å². The Labute approximate surface area is 87.2 Å². The molecule has 0 aromatic rings. The molecule has 1 aliphatic heterocycles. The minimum atomic E-state index is 0.165. The molecule has 0 N–H and O–H groups in total. The first-order chi connectivity index (χ1) is 6.46. The first-order valence-electron chi connectivity index (χ1n) is 5.13. The normalized spacial score (nSPS) is 18.4. The number of hydrogen-bond acceptors (Lipinski definition) is 1. The molecule has 0 amide bonds. The lowest BCUT2D eigenvalue weighted by Gasteiger charge is -2.24. The van der Waals surface area contributed by atoms with Gasteiger partial charge in [-0.1, -0.05) is 39.5 Å². The maximum atomic E-state index is 5.49. The molecule has 0 aliphatic carbocycles. The van der Waals surface area contributed by atoms with Crippen LogP contribution in [0.2, 0.25) is 0 Å². The molecule has 78 valence electrons. The van der Waals surface area contributed by atoms with Gasteiger partial charge in [0.1, 0.15) is 0 Å². The summed E-state index contributed by atoms with van der Waals surface area (Å²) in [7, 11) is 0. The number of allylic oxidation sites excluding steroid dienone is 4. The van der Waals surface area contributed by atoms with Gasteiger partial charge in [-0.15, -0.1) is 0 Å². The highest BCUT2D eigenvalue weighted by molar-refractivity contribution is 5.40. The van der Waals surface area contributed by atoms with E-state index in [0.29, 0.717) is 0 Å². The first kappa shape index (κ1) is 11.1. The van der Waals surface area contributed by atoms with Crippen molar-refractivity contribution < 1.29 is 4.74 Å². The lowest BCUT2D eigenvalue weighted by molar-refractivity contribution is 0.246. The van der Waals surface area contributed by atoms with Gasteiger partial charge < -0.3 is 4.74 Å². The molecule has 0 bridgehead atoms. The molecule has 0 radical (unpaired) electrons. The van der Waals surface area contributed by atoms with Crippen molar-refractivity contribution in [1.82, 2.24) is 0 Å². The highest BCUT2D eigenvalue weighted by Gasteiger charge is 2.24. The van der Waals surface area contributed by atoms with Crippen molar-refractivity contribution in [3.05, 3.63) is 35.6 Å². The average Bonchev–Trinajstić information content (AvgIpc) is 2.45. The molecule has 0 fully saturated rings. The maximum absolute atomic E-state index is 5.49. The minimum Gasteiger partial charge on any atom is -0.498 e. The van der Waals surface area contributed by atoms with E-state index in [4.69, 9.17) is 4.74 Å². The molecular formula is C13H20O. The Morgan fingerprint density at radius 3 is 2.43 bits per heavy atom. The lowest BCUT2D eigenvalue weighted by Crippen LogP contribution is -2.11. The fourth-order valence-electron chi connectivity index (χ4n) is 1.81. The van der Waals surface area contributed by atoms with E-state index < -0.39 is 0 Å². The predicted molar refractivity (Wildman–Crippen MR) is 61.0 cm³/mol. The smallest absolute Gasteiger partial charge is 0.0965 e. The summed E-state index contributed by atoms with van der Waals surface area (Å²) in [6, 6.07) is 0. The number of hydrogen-bond donors (Lipinski definition) is 0. The summed E-state index contributed by atoms with van der Waals surface area (Å²) >= 11 is 0. The topological polar surface area (TPSA) is 9.23 Å². The van der Waals surface area contributed by atoms with Gasteiger partial charge in [-0.05, 0) is 23.5 Å². The van der Waals surface area contributed by atoms with E-state index >= 15 is 0 Å². The molecule has 0 aromatic carbocycles. The predicted octanol–water partition coefficient (Wildman–Crippen LogP) is 3.84. The molecule has 14 heavy (non-hydrogen) atoms. The van der Waals surface area contributed by atoms with Gasteiger partial charge >= 0.3 is 0 Å². The van der Waals surface area contributed by atoms with Gasteiger partial charge in [-0.3, -0.25) is 0 Å². The summed E-state index contributed by atoms with van der Waals surface area (Å²) in [4.78, 5) is 0. The standard InChI is InChI=1S/C13H20O/c1-6-7-12(13(3,4)5)11-8-9-14-10(11)2/h6-7H,1,8-9H2,2-5H3/b12-7+. The van der Waals surface area contributed by atoms with E-state index in [2.05, 4.69) is 33.4 Å². The average molecular weight is 192 g/mol. The molecule has 1 nitrogen and oxygen atoms in total. The molecule has 1 rings (SSSR count). The van der Waals surface area contributed by atoms with Crippen LogP contribution in [0.4, 0.5) is 0 Å². The van der Waals surface area contributed by atoms with E-state index in [1.165, 1.54) is 11.1 Å². The van der Waals surface area contributed by atoms with Gasteiger partial charge in [0.2, 0.25) is 0 Å². The van der Waals surface area contributed by atoms with Crippen LogP contribution in [-0.4, -0.2) is 6.61 Å². The first-order valence-corrected chi connectivity index (χ1v) is 5.13. The van der Waals surface area contributed by atoms with E-state index in [1.54, 1.807) is 0 Å².